The van der Waals surface area contributed by atoms with Crippen LogP contribution in [0.4, 0.5) is 0 Å². The van der Waals surface area contributed by atoms with Crippen LogP contribution in [-0.4, -0.2) is 70.8 Å². The standard InChI is InChI=1S/C28H56O6/c1-6-11-12-13-14-15-16-17-18-19-20-32-28(9-4,10-5)27-25(31)24(30)26(23(21-29)34-27)33-22(7-2)8-3/h22-27,29-31H,6-21H2,1-5H3/t23?,24-,25-,26-,27?/m1/s1. The molecule has 0 aromatic rings. The maximum Gasteiger partial charge on any atom is 0.115 e. The summed E-state index contributed by atoms with van der Waals surface area (Å²) in [4.78, 5) is 0. The molecular weight excluding hydrogens is 432 g/mol. The first-order valence-corrected chi connectivity index (χ1v) is 14.4. The Kier molecular flexibility index (Phi) is 16.9. The third-order valence-electron chi connectivity index (χ3n) is 7.73. The lowest BCUT2D eigenvalue weighted by Gasteiger charge is -2.50. The van der Waals surface area contributed by atoms with Gasteiger partial charge in [0, 0.05) is 6.61 Å². The number of ether oxygens (including phenoxy) is 3. The lowest BCUT2D eigenvalue weighted by atomic mass is 9.81. The smallest absolute Gasteiger partial charge is 0.115 e. The molecule has 0 aromatic carbocycles. The summed E-state index contributed by atoms with van der Waals surface area (Å²) in [6, 6.07) is 0. The van der Waals surface area contributed by atoms with E-state index in [1.54, 1.807) is 0 Å². The third kappa shape index (κ3) is 9.67. The van der Waals surface area contributed by atoms with Gasteiger partial charge >= 0.3 is 0 Å². The van der Waals surface area contributed by atoms with E-state index < -0.39 is 36.1 Å². The molecule has 1 aliphatic heterocycles. The minimum absolute atomic E-state index is 0.0456. The van der Waals surface area contributed by atoms with Crippen molar-refractivity contribution in [2.45, 2.75) is 167 Å². The van der Waals surface area contributed by atoms with Crippen LogP contribution < -0.4 is 0 Å². The first-order chi connectivity index (χ1) is 16.4. The van der Waals surface area contributed by atoms with Gasteiger partial charge in [0.25, 0.3) is 0 Å². The van der Waals surface area contributed by atoms with Crippen molar-refractivity contribution in [3.05, 3.63) is 0 Å². The van der Waals surface area contributed by atoms with E-state index in [0.29, 0.717) is 19.4 Å². The highest BCUT2D eigenvalue weighted by atomic mass is 16.6. The molecule has 2 unspecified atom stereocenters. The highest BCUT2D eigenvalue weighted by Crippen LogP contribution is 2.37. The number of hydrogen-bond donors (Lipinski definition) is 3. The molecule has 0 aromatic heterocycles. The predicted molar refractivity (Wildman–Crippen MR) is 138 cm³/mol. The first-order valence-electron chi connectivity index (χ1n) is 14.4. The molecule has 204 valence electrons. The second-order valence-corrected chi connectivity index (χ2v) is 10.1. The number of aliphatic hydroxyl groups is 3. The van der Waals surface area contributed by atoms with Gasteiger partial charge in [-0.05, 0) is 32.1 Å². The zero-order valence-corrected chi connectivity index (χ0v) is 22.8. The van der Waals surface area contributed by atoms with Gasteiger partial charge in [-0.15, -0.1) is 0 Å². The molecule has 0 bridgehead atoms. The Morgan fingerprint density at radius 3 is 1.76 bits per heavy atom. The maximum atomic E-state index is 11.0. The summed E-state index contributed by atoms with van der Waals surface area (Å²) in [6.07, 6.45) is 11.1. The Morgan fingerprint density at radius 2 is 1.29 bits per heavy atom. The number of unbranched alkanes of at least 4 members (excludes halogenated alkanes) is 9. The Hall–Kier alpha value is -0.240. The van der Waals surface area contributed by atoms with Crippen LogP contribution in [0, 0.1) is 0 Å². The molecule has 0 amide bonds. The first kappa shape index (κ1) is 31.8. The van der Waals surface area contributed by atoms with Crippen LogP contribution in [0.1, 0.15) is 125 Å². The summed E-state index contributed by atoms with van der Waals surface area (Å²) < 4.78 is 18.6. The minimum Gasteiger partial charge on any atom is -0.394 e. The lowest BCUT2D eigenvalue weighted by molar-refractivity contribution is -0.292. The van der Waals surface area contributed by atoms with E-state index in [-0.39, 0.29) is 12.7 Å². The van der Waals surface area contributed by atoms with Crippen molar-refractivity contribution in [1.29, 1.82) is 0 Å². The second-order valence-electron chi connectivity index (χ2n) is 10.1. The summed E-state index contributed by atoms with van der Waals surface area (Å²) in [5.74, 6) is 0. The van der Waals surface area contributed by atoms with Gasteiger partial charge in [-0.1, -0.05) is 92.4 Å². The molecule has 1 saturated heterocycles. The van der Waals surface area contributed by atoms with Gasteiger partial charge in [-0.3, -0.25) is 0 Å². The van der Waals surface area contributed by atoms with Crippen molar-refractivity contribution in [2.24, 2.45) is 0 Å². The number of rotatable bonds is 20. The van der Waals surface area contributed by atoms with Crippen molar-refractivity contribution in [3.8, 4) is 0 Å². The average Bonchev–Trinajstić information content (AvgIpc) is 2.86. The van der Waals surface area contributed by atoms with Gasteiger partial charge in [-0.2, -0.15) is 0 Å². The van der Waals surface area contributed by atoms with Crippen LogP contribution in [0.15, 0.2) is 0 Å². The van der Waals surface area contributed by atoms with E-state index in [1.807, 2.05) is 27.7 Å². The van der Waals surface area contributed by atoms with Crippen LogP contribution in [0.2, 0.25) is 0 Å². The molecule has 1 heterocycles. The van der Waals surface area contributed by atoms with Gasteiger partial charge in [0.15, 0.2) is 0 Å². The minimum atomic E-state index is -1.13. The highest BCUT2D eigenvalue weighted by molar-refractivity contribution is 5.02. The molecule has 0 saturated carbocycles. The molecule has 0 aliphatic carbocycles. The monoisotopic (exact) mass is 488 g/mol. The topological polar surface area (TPSA) is 88.4 Å². The highest BCUT2D eigenvalue weighted by Gasteiger charge is 2.53. The van der Waals surface area contributed by atoms with Crippen LogP contribution in [-0.2, 0) is 14.2 Å². The molecular formula is C28H56O6. The lowest BCUT2D eigenvalue weighted by Crippen LogP contribution is -2.66. The molecule has 0 spiro atoms. The normalized spacial score (nSPS) is 25.9. The van der Waals surface area contributed by atoms with Crippen molar-refractivity contribution >= 4 is 0 Å². The van der Waals surface area contributed by atoms with Gasteiger partial charge in [0.1, 0.15) is 30.5 Å². The van der Waals surface area contributed by atoms with Crippen molar-refractivity contribution in [1.82, 2.24) is 0 Å². The zero-order valence-electron chi connectivity index (χ0n) is 22.8. The van der Waals surface area contributed by atoms with Crippen LogP contribution >= 0.6 is 0 Å². The molecule has 6 nitrogen and oxygen atoms in total. The fourth-order valence-electron chi connectivity index (χ4n) is 5.20. The van der Waals surface area contributed by atoms with Gasteiger partial charge in [-0.25, -0.2) is 0 Å². The maximum absolute atomic E-state index is 11.0. The molecule has 0 radical (unpaired) electrons. The van der Waals surface area contributed by atoms with Crippen LogP contribution in [0.25, 0.3) is 0 Å². The molecule has 1 fully saturated rings. The molecule has 1 aliphatic rings. The van der Waals surface area contributed by atoms with Crippen molar-refractivity contribution in [2.75, 3.05) is 13.2 Å². The predicted octanol–water partition coefficient (Wildman–Crippen LogP) is 5.54. The molecule has 5 atom stereocenters. The Labute approximate surface area is 209 Å². The van der Waals surface area contributed by atoms with Gasteiger partial charge in [0.2, 0.25) is 0 Å². The molecule has 3 N–H and O–H groups in total. The van der Waals surface area contributed by atoms with E-state index in [1.165, 1.54) is 51.4 Å². The van der Waals surface area contributed by atoms with E-state index in [9.17, 15) is 15.3 Å². The molecule has 1 rings (SSSR count). The summed E-state index contributed by atoms with van der Waals surface area (Å²) in [5.41, 5.74) is -0.701. The molecule has 34 heavy (non-hydrogen) atoms. The van der Waals surface area contributed by atoms with E-state index >= 15 is 0 Å². The fraction of sp³-hybridized carbons (Fsp3) is 1.00. The Morgan fingerprint density at radius 1 is 0.765 bits per heavy atom. The summed E-state index contributed by atoms with van der Waals surface area (Å²) >= 11 is 0. The number of aliphatic hydroxyl groups excluding tert-OH is 3. The van der Waals surface area contributed by atoms with E-state index in [4.69, 9.17) is 14.2 Å². The zero-order chi connectivity index (χ0) is 25.4. The Bertz CT molecular complexity index is 478. The largest absolute Gasteiger partial charge is 0.394 e. The van der Waals surface area contributed by atoms with E-state index in [0.717, 1.165) is 25.7 Å². The average molecular weight is 489 g/mol. The van der Waals surface area contributed by atoms with Crippen LogP contribution in [0.5, 0.6) is 0 Å². The fourth-order valence-corrected chi connectivity index (χ4v) is 5.20. The molecule has 6 heteroatoms. The second kappa shape index (κ2) is 18.1. The van der Waals surface area contributed by atoms with Crippen molar-refractivity contribution in [3.63, 3.8) is 0 Å². The summed E-state index contributed by atoms with van der Waals surface area (Å²) in [7, 11) is 0. The van der Waals surface area contributed by atoms with Gasteiger partial charge < -0.3 is 29.5 Å². The number of hydrogen-bond acceptors (Lipinski definition) is 6. The third-order valence-corrected chi connectivity index (χ3v) is 7.73. The van der Waals surface area contributed by atoms with Crippen LogP contribution in [0.3, 0.4) is 0 Å². The SMILES string of the molecule is CCCCCCCCCCCCOC(CC)(CC)C1OC(CO)[C@@H](OC(CC)CC)[C@H](O)[C@H]1O. The van der Waals surface area contributed by atoms with E-state index in [2.05, 4.69) is 6.92 Å². The van der Waals surface area contributed by atoms with Crippen molar-refractivity contribution < 1.29 is 29.5 Å². The summed E-state index contributed by atoms with van der Waals surface area (Å²) in [5, 5.41) is 32.0. The Balaban J connectivity index is 2.58. The van der Waals surface area contributed by atoms with Gasteiger partial charge in [0.05, 0.1) is 18.3 Å². The quantitative estimate of drug-likeness (QED) is 0.195. The summed E-state index contributed by atoms with van der Waals surface area (Å²) in [6.45, 7) is 10.7.